The molecule has 2 rings (SSSR count). The molecule has 0 saturated carbocycles. The van der Waals surface area contributed by atoms with Gasteiger partial charge in [-0.3, -0.25) is 24.7 Å². The number of non-ortho nitro benzene ring substituents is 1. The molecule has 2 atom stereocenters. The topological polar surface area (TPSA) is 85.2 Å². The lowest BCUT2D eigenvalue weighted by molar-refractivity contribution is -0.385. The maximum absolute atomic E-state index is 12.2. The number of piperazine rings is 1. The molecule has 0 bridgehead atoms. The van der Waals surface area contributed by atoms with Gasteiger partial charge in [-0.2, -0.15) is 0 Å². The zero-order chi connectivity index (χ0) is 21.8. The molecule has 1 aromatic rings. The van der Waals surface area contributed by atoms with Gasteiger partial charge in [-0.15, -0.1) is 0 Å². The maximum atomic E-state index is 12.2. The first-order chi connectivity index (χ1) is 13.5. The lowest BCUT2D eigenvalue weighted by Gasteiger charge is -2.44. The first kappa shape index (κ1) is 23.6. The third-order valence-electron chi connectivity index (χ3n) is 4.70. The first-order valence-corrected chi connectivity index (χ1v) is 10.5. The molecule has 1 heterocycles. The van der Waals surface area contributed by atoms with Crippen LogP contribution in [0.5, 0.6) is 5.75 Å². The molecule has 29 heavy (non-hydrogen) atoms. The van der Waals surface area contributed by atoms with Crippen LogP contribution >= 0.6 is 15.9 Å². The van der Waals surface area contributed by atoms with Gasteiger partial charge in [0.25, 0.3) is 5.69 Å². The zero-order valence-electron chi connectivity index (χ0n) is 17.7. The van der Waals surface area contributed by atoms with E-state index in [-0.39, 0.29) is 23.7 Å². The van der Waals surface area contributed by atoms with E-state index in [4.69, 9.17) is 9.47 Å². The third kappa shape index (κ3) is 7.24. The Morgan fingerprint density at radius 1 is 1.28 bits per heavy atom. The van der Waals surface area contributed by atoms with E-state index in [9.17, 15) is 14.9 Å². The van der Waals surface area contributed by atoms with E-state index >= 15 is 0 Å². The van der Waals surface area contributed by atoms with Crippen molar-refractivity contribution in [1.82, 2.24) is 9.80 Å². The summed E-state index contributed by atoms with van der Waals surface area (Å²) in [6.45, 7) is 13.0. The van der Waals surface area contributed by atoms with Crippen LogP contribution < -0.4 is 4.74 Å². The number of benzene rings is 1. The van der Waals surface area contributed by atoms with E-state index < -0.39 is 10.5 Å². The predicted octanol–water partition coefficient (Wildman–Crippen LogP) is 3.47. The second-order valence-electron chi connectivity index (χ2n) is 8.44. The minimum atomic E-state index is -0.477. The van der Waals surface area contributed by atoms with Gasteiger partial charge in [-0.25, -0.2) is 0 Å². The van der Waals surface area contributed by atoms with E-state index in [1.54, 1.807) is 6.07 Å². The molecule has 1 aliphatic heterocycles. The quantitative estimate of drug-likeness (QED) is 0.341. The van der Waals surface area contributed by atoms with Crippen LogP contribution in [0.4, 0.5) is 5.69 Å². The smallest absolute Gasteiger partial charge is 0.320 e. The van der Waals surface area contributed by atoms with Crippen LogP contribution in [-0.2, 0) is 9.53 Å². The molecule has 1 saturated heterocycles. The number of carbonyl (C=O) groups is 1. The Kier molecular flexibility index (Phi) is 8.02. The molecule has 8 nitrogen and oxygen atoms in total. The number of rotatable bonds is 7. The molecule has 162 valence electrons. The lowest BCUT2D eigenvalue weighted by Crippen LogP contribution is -2.58. The Hall–Kier alpha value is -1.71. The van der Waals surface area contributed by atoms with Gasteiger partial charge in [0.15, 0.2) is 0 Å². The van der Waals surface area contributed by atoms with Gasteiger partial charge in [-0.05, 0) is 56.6 Å². The van der Waals surface area contributed by atoms with Gasteiger partial charge in [0.1, 0.15) is 18.0 Å². The Balaban J connectivity index is 1.83. The molecular formula is C20H30BrN3O5. The van der Waals surface area contributed by atoms with Gasteiger partial charge >= 0.3 is 5.97 Å². The molecule has 1 fully saturated rings. The monoisotopic (exact) mass is 471 g/mol. The minimum Gasteiger partial charge on any atom is -0.491 e. The minimum absolute atomic E-state index is 0.0213. The fourth-order valence-electron chi connectivity index (χ4n) is 3.49. The van der Waals surface area contributed by atoms with Crippen molar-refractivity contribution in [2.24, 2.45) is 0 Å². The number of nitro groups is 1. The maximum Gasteiger partial charge on any atom is 0.320 e. The van der Waals surface area contributed by atoms with Gasteiger partial charge < -0.3 is 9.47 Å². The van der Waals surface area contributed by atoms with Crippen LogP contribution in [0.3, 0.4) is 0 Å². The van der Waals surface area contributed by atoms with Crippen LogP contribution in [0.2, 0.25) is 0 Å². The van der Waals surface area contributed by atoms with E-state index in [0.717, 1.165) is 19.6 Å². The second-order valence-corrected chi connectivity index (χ2v) is 9.29. The summed E-state index contributed by atoms with van der Waals surface area (Å²) in [6, 6.07) is 4.91. The number of hydrogen-bond donors (Lipinski definition) is 0. The van der Waals surface area contributed by atoms with Crippen molar-refractivity contribution in [3.05, 3.63) is 32.8 Å². The third-order valence-corrected chi connectivity index (χ3v) is 5.32. The summed E-state index contributed by atoms with van der Waals surface area (Å²) in [5, 5.41) is 10.8. The number of halogens is 1. The van der Waals surface area contributed by atoms with Crippen LogP contribution in [0, 0.1) is 10.1 Å². The van der Waals surface area contributed by atoms with Crippen molar-refractivity contribution >= 4 is 27.6 Å². The molecular weight excluding hydrogens is 442 g/mol. The van der Waals surface area contributed by atoms with Crippen molar-refractivity contribution in [3.8, 4) is 5.75 Å². The molecule has 1 aromatic carbocycles. The fraction of sp³-hybridized carbons (Fsp3) is 0.650. The normalized spacial score (nSPS) is 21.0. The molecule has 0 aliphatic carbocycles. The molecule has 1 aliphatic rings. The Bertz CT molecular complexity index is 725. The Morgan fingerprint density at radius 3 is 2.41 bits per heavy atom. The fourth-order valence-corrected chi connectivity index (χ4v) is 3.97. The van der Waals surface area contributed by atoms with Gasteiger partial charge in [0.05, 0.1) is 15.9 Å². The average molecular weight is 472 g/mol. The molecule has 0 radical (unpaired) electrons. The molecule has 0 spiro atoms. The number of hydrogen-bond acceptors (Lipinski definition) is 7. The summed E-state index contributed by atoms with van der Waals surface area (Å²) >= 11 is 3.32. The summed E-state index contributed by atoms with van der Waals surface area (Å²) in [5.74, 6) is 0.385. The lowest BCUT2D eigenvalue weighted by atomic mass is 10.1. The van der Waals surface area contributed by atoms with Crippen LogP contribution in [0.15, 0.2) is 22.7 Å². The SMILES string of the molecule is C[C@@H]1CN(CCOc2ccc([N+](=O)[O-])cc2Br)C[C@H](C)N1CC(=O)OC(C)(C)C. The summed E-state index contributed by atoms with van der Waals surface area (Å²) in [5.41, 5.74) is -0.456. The highest BCUT2D eigenvalue weighted by Crippen LogP contribution is 2.29. The number of esters is 1. The van der Waals surface area contributed by atoms with E-state index in [1.807, 2.05) is 20.8 Å². The molecule has 0 amide bonds. The highest BCUT2D eigenvalue weighted by molar-refractivity contribution is 9.10. The standard InChI is InChI=1S/C20H30BrN3O5/c1-14-11-22(12-15(2)23(14)13-19(25)29-20(3,4)5)8-9-28-18-7-6-16(24(26)27)10-17(18)21/h6-7,10,14-15H,8-9,11-13H2,1-5H3/t14-,15+. The highest BCUT2D eigenvalue weighted by Gasteiger charge is 2.31. The highest BCUT2D eigenvalue weighted by atomic mass is 79.9. The molecule has 9 heteroatoms. The molecule has 0 N–H and O–H groups in total. The van der Waals surface area contributed by atoms with Crippen LogP contribution in [0.1, 0.15) is 34.6 Å². The largest absolute Gasteiger partial charge is 0.491 e. The summed E-state index contributed by atoms with van der Waals surface area (Å²) in [6.07, 6.45) is 0. The van der Waals surface area contributed by atoms with E-state index in [2.05, 4.69) is 39.6 Å². The number of carbonyl (C=O) groups excluding carboxylic acids is 1. The Morgan fingerprint density at radius 2 is 1.90 bits per heavy atom. The summed E-state index contributed by atoms with van der Waals surface area (Å²) in [7, 11) is 0. The molecule has 0 unspecified atom stereocenters. The van der Waals surface area contributed by atoms with Crippen molar-refractivity contribution < 1.29 is 19.2 Å². The Labute approximate surface area is 180 Å². The van der Waals surface area contributed by atoms with Crippen molar-refractivity contribution in [2.75, 3.05) is 32.8 Å². The van der Waals surface area contributed by atoms with Crippen molar-refractivity contribution in [1.29, 1.82) is 0 Å². The number of nitrogens with zero attached hydrogens (tertiary/aromatic N) is 3. The van der Waals surface area contributed by atoms with Crippen molar-refractivity contribution in [2.45, 2.75) is 52.3 Å². The van der Waals surface area contributed by atoms with Crippen LogP contribution in [0.25, 0.3) is 0 Å². The van der Waals surface area contributed by atoms with E-state index in [0.29, 0.717) is 23.4 Å². The zero-order valence-corrected chi connectivity index (χ0v) is 19.3. The molecule has 0 aromatic heterocycles. The number of ether oxygens (including phenoxy) is 2. The van der Waals surface area contributed by atoms with Crippen molar-refractivity contribution in [3.63, 3.8) is 0 Å². The van der Waals surface area contributed by atoms with E-state index in [1.165, 1.54) is 12.1 Å². The van der Waals surface area contributed by atoms with Gasteiger partial charge in [-0.1, -0.05) is 0 Å². The first-order valence-electron chi connectivity index (χ1n) is 9.73. The van der Waals surface area contributed by atoms with Gasteiger partial charge in [0, 0.05) is 43.9 Å². The second kappa shape index (κ2) is 9.86. The van der Waals surface area contributed by atoms with Crippen LogP contribution in [-0.4, -0.2) is 71.2 Å². The summed E-state index contributed by atoms with van der Waals surface area (Å²) in [4.78, 5) is 27.0. The average Bonchev–Trinajstić information content (AvgIpc) is 2.58. The predicted molar refractivity (Wildman–Crippen MR) is 114 cm³/mol. The summed E-state index contributed by atoms with van der Waals surface area (Å²) < 4.78 is 11.8. The van der Waals surface area contributed by atoms with Gasteiger partial charge in [0.2, 0.25) is 0 Å². The number of nitro benzene ring substituents is 1.